The zero-order valence-electron chi connectivity index (χ0n) is 18.8. The van der Waals surface area contributed by atoms with Crippen LogP contribution in [0, 0.1) is 13.8 Å². The summed E-state index contributed by atoms with van der Waals surface area (Å²) >= 11 is 0. The first kappa shape index (κ1) is 21.4. The summed E-state index contributed by atoms with van der Waals surface area (Å²) in [5.74, 6) is 0.985. The number of nitrogens with zero attached hydrogens (tertiary/aromatic N) is 2. The van der Waals surface area contributed by atoms with Gasteiger partial charge in [0.05, 0.1) is 20.4 Å². The molecule has 0 atom stereocenters. The third-order valence-corrected chi connectivity index (χ3v) is 5.80. The minimum Gasteiger partial charge on any atom is -0.493 e. The molecular formula is C26H27N3O3. The molecule has 0 fully saturated rings. The molecule has 32 heavy (non-hydrogen) atoms. The van der Waals surface area contributed by atoms with Crippen LogP contribution >= 0.6 is 0 Å². The summed E-state index contributed by atoms with van der Waals surface area (Å²) in [7, 11) is 3.16. The molecule has 0 spiro atoms. The van der Waals surface area contributed by atoms with E-state index in [9.17, 15) is 4.79 Å². The zero-order valence-corrected chi connectivity index (χ0v) is 18.8. The van der Waals surface area contributed by atoms with Crippen LogP contribution in [0.4, 0.5) is 5.69 Å². The molecule has 1 heterocycles. The molecule has 0 saturated carbocycles. The van der Waals surface area contributed by atoms with Gasteiger partial charge in [-0.2, -0.15) is 5.10 Å². The van der Waals surface area contributed by atoms with E-state index in [0.29, 0.717) is 17.1 Å². The van der Waals surface area contributed by atoms with Gasteiger partial charge in [0.2, 0.25) is 0 Å². The van der Waals surface area contributed by atoms with E-state index >= 15 is 0 Å². The monoisotopic (exact) mass is 429 g/mol. The van der Waals surface area contributed by atoms with Gasteiger partial charge in [0.1, 0.15) is 0 Å². The van der Waals surface area contributed by atoms with Crippen molar-refractivity contribution in [3.8, 4) is 11.5 Å². The number of aryl methyl sites for hydroxylation is 2. The summed E-state index contributed by atoms with van der Waals surface area (Å²) < 4.78 is 10.5. The fraction of sp³-hybridized carbons (Fsp3) is 0.231. The molecule has 3 aromatic rings. The van der Waals surface area contributed by atoms with Crippen molar-refractivity contribution in [3.63, 3.8) is 0 Å². The van der Waals surface area contributed by atoms with Crippen molar-refractivity contribution >= 4 is 17.8 Å². The first-order chi connectivity index (χ1) is 15.5. The number of hydrogen-bond donors (Lipinski definition) is 1. The van der Waals surface area contributed by atoms with Gasteiger partial charge in [0.15, 0.2) is 11.5 Å². The van der Waals surface area contributed by atoms with Gasteiger partial charge in [-0.25, -0.2) is 5.43 Å². The Morgan fingerprint density at radius 2 is 1.62 bits per heavy atom. The standard InChI is InChI=1S/C26H27N3O3/c1-17-10-21-15-29(16-22(21)11-18(17)2)23-7-5-6-20(13-23)26(30)28-27-14-19-8-9-24(31-3)25(12-19)32-4/h5-14H,15-16H2,1-4H3,(H,28,30). The van der Waals surface area contributed by atoms with Crippen molar-refractivity contribution in [2.75, 3.05) is 19.1 Å². The highest BCUT2D eigenvalue weighted by Gasteiger charge is 2.20. The zero-order chi connectivity index (χ0) is 22.7. The molecule has 1 aliphatic rings. The van der Waals surface area contributed by atoms with Crippen LogP contribution in [0.25, 0.3) is 0 Å². The molecule has 0 radical (unpaired) electrons. The number of amides is 1. The van der Waals surface area contributed by atoms with E-state index in [1.807, 2.05) is 24.3 Å². The first-order valence-electron chi connectivity index (χ1n) is 10.5. The minimum absolute atomic E-state index is 0.257. The van der Waals surface area contributed by atoms with Crippen LogP contribution in [0.1, 0.15) is 38.2 Å². The molecule has 1 amide bonds. The fourth-order valence-corrected chi connectivity index (χ4v) is 3.89. The highest BCUT2D eigenvalue weighted by molar-refractivity contribution is 5.95. The Balaban J connectivity index is 1.43. The maximum atomic E-state index is 12.6. The number of methoxy groups -OCH3 is 2. The van der Waals surface area contributed by atoms with Gasteiger partial charge in [0, 0.05) is 24.3 Å². The number of hydrazone groups is 1. The van der Waals surface area contributed by atoms with E-state index in [4.69, 9.17) is 9.47 Å². The Labute approximate surface area is 188 Å². The Kier molecular flexibility index (Phi) is 6.12. The van der Waals surface area contributed by atoms with E-state index in [-0.39, 0.29) is 5.91 Å². The predicted molar refractivity (Wildman–Crippen MR) is 127 cm³/mol. The van der Waals surface area contributed by atoms with Crippen molar-refractivity contribution < 1.29 is 14.3 Å². The summed E-state index contributed by atoms with van der Waals surface area (Å²) in [5.41, 5.74) is 10.3. The van der Waals surface area contributed by atoms with Crippen LogP contribution in [0.2, 0.25) is 0 Å². The number of fused-ring (bicyclic) bond motifs is 1. The van der Waals surface area contributed by atoms with Crippen LogP contribution in [0.15, 0.2) is 59.7 Å². The molecule has 0 aromatic heterocycles. The molecule has 3 aromatic carbocycles. The molecular weight excluding hydrogens is 402 g/mol. The second kappa shape index (κ2) is 9.14. The van der Waals surface area contributed by atoms with Gasteiger partial charge >= 0.3 is 0 Å². The summed E-state index contributed by atoms with van der Waals surface area (Å²) in [6.45, 7) is 5.98. The number of nitrogens with one attached hydrogen (secondary N) is 1. The molecule has 0 unspecified atom stereocenters. The van der Waals surface area contributed by atoms with E-state index < -0.39 is 0 Å². The van der Waals surface area contributed by atoms with Crippen LogP contribution < -0.4 is 19.8 Å². The van der Waals surface area contributed by atoms with Crippen molar-refractivity contribution in [2.45, 2.75) is 26.9 Å². The Bertz CT molecular complexity index is 1160. The lowest BCUT2D eigenvalue weighted by atomic mass is 10.0. The molecule has 164 valence electrons. The lowest BCUT2D eigenvalue weighted by Gasteiger charge is -2.18. The lowest BCUT2D eigenvalue weighted by Crippen LogP contribution is -2.19. The average molecular weight is 430 g/mol. The Morgan fingerprint density at radius 1 is 0.938 bits per heavy atom. The lowest BCUT2D eigenvalue weighted by molar-refractivity contribution is 0.0955. The van der Waals surface area contributed by atoms with Crippen LogP contribution in [0.3, 0.4) is 0 Å². The number of hydrogen-bond acceptors (Lipinski definition) is 5. The topological polar surface area (TPSA) is 63.2 Å². The van der Waals surface area contributed by atoms with Crippen LogP contribution in [-0.2, 0) is 13.1 Å². The number of carbonyl (C=O) groups excluding carboxylic acids is 1. The molecule has 0 bridgehead atoms. The first-order valence-corrected chi connectivity index (χ1v) is 10.5. The van der Waals surface area contributed by atoms with Gasteiger partial charge in [-0.1, -0.05) is 18.2 Å². The summed E-state index contributed by atoms with van der Waals surface area (Å²) in [6.07, 6.45) is 1.57. The van der Waals surface area contributed by atoms with Gasteiger partial charge < -0.3 is 14.4 Å². The van der Waals surface area contributed by atoms with E-state index in [1.165, 1.54) is 22.3 Å². The number of carbonyl (C=O) groups is 1. The molecule has 0 aliphatic carbocycles. The Hall–Kier alpha value is -3.80. The van der Waals surface area contributed by atoms with Gasteiger partial charge in [-0.3, -0.25) is 4.79 Å². The third-order valence-electron chi connectivity index (χ3n) is 5.80. The van der Waals surface area contributed by atoms with Gasteiger partial charge in [-0.05, 0) is 78.1 Å². The van der Waals surface area contributed by atoms with Crippen molar-refractivity contribution in [2.24, 2.45) is 5.10 Å². The summed E-state index contributed by atoms with van der Waals surface area (Å²) in [4.78, 5) is 14.9. The quantitative estimate of drug-likeness (QED) is 0.459. The largest absolute Gasteiger partial charge is 0.493 e. The van der Waals surface area contributed by atoms with Crippen molar-refractivity contribution in [1.29, 1.82) is 0 Å². The number of anilines is 1. The Morgan fingerprint density at radius 3 is 2.28 bits per heavy atom. The van der Waals surface area contributed by atoms with Gasteiger partial charge in [0.25, 0.3) is 5.91 Å². The molecule has 0 saturated heterocycles. The SMILES string of the molecule is COc1ccc(C=NNC(=O)c2cccc(N3Cc4cc(C)c(C)cc4C3)c2)cc1OC. The van der Waals surface area contributed by atoms with E-state index in [2.05, 4.69) is 41.4 Å². The number of ether oxygens (including phenoxy) is 2. The maximum absolute atomic E-state index is 12.6. The van der Waals surface area contributed by atoms with E-state index in [1.54, 1.807) is 38.6 Å². The fourth-order valence-electron chi connectivity index (χ4n) is 3.89. The molecule has 4 rings (SSSR count). The maximum Gasteiger partial charge on any atom is 0.271 e. The summed E-state index contributed by atoms with van der Waals surface area (Å²) in [5, 5.41) is 4.09. The molecule has 1 N–H and O–H groups in total. The van der Waals surface area contributed by atoms with Crippen LogP contribution in [0.5, 0.6) is 11.5 Å². The average Bonchev–Trinajstić information content (AvgIpc) is 3.22. The predicted octanol–water partition coefficient (Wildman–Crippen LogP) is 4.60. The number of benzene rings is 3. The second-order valence-electron chi connectivity index (χ2n) is 7.93. The van der Waals surface area contributed by atoms with Crippen LogP contribution in [-0.4, -0.2) is 26.3 Å². The third kappa shape index (κ3) is 4.44. The van der Waals surface area contributed by atoms with E-state index in [0.717, 1.165) is 24.3 Å². The molecule has 1 aliphatic heterocycles. The molecule has 6 heteroatoms. The van der Waals surface area contributed by atoms with Gasteiger partial charge in [-0.15, -0.1) is 0 Å². The normalized spacial score (nSPS) is 12.7. The highest BCUT2D eigenvalue weighted by atomic mass is 16.5. The second-order valence-corrected chi connectivity index (χ2v) is 7.93. The highest BCUT2D eigenvalue weighted by Crippen LogP contribution is 2.30. The smallest absolute Gasteiger partial charge is 0.271 e. The summed E-state index contributed by atoms with van der Waals surface area (Å²) in [6, 6.07) is 17.6. The van der Waals surface area contributed by atoms with Crippen molar-refractivity contribution in [1.82, 2.24) is 5.43 Å². The van der Waals surface area contributed by atoms with Crippen molar-refractivity contribution in [3.05, 3.63) is 88.0 Å². The number of rotatable bonds is 6. The minimum atomic E-state index is -0.257. The molecule has 6 nitrogen and oxygen atoms in total.